The normalized spacial score (nSPS) is 18.1. The SMILES string of the molecule is Cc1cc([C@@H]2[C@H](c3ccccn3)NC(=S)N2c2ccc(Br)cc2)c(C)n1-c1cccnc1. The molecular formula is C25H22BrN5S. The summed E-state index contributed by atoms with van der Waals surface area (Å²) in [5.74, 6) is 0. The van der Waals surface area contributed by atoms with E-state index >= 15 is 0 Å². The zero-order valence-corrected chi connectivity index (χ0v) is 20.1. The van der Waals surface area contributed by atoms with E-state index in [9.17, 15) is 0 Å². The number of anilines is 1. The Hall–Kier alpha value is -3.03. The van der Waals surface area contributed by atoms with Crippen LogP contribution in [0.25, 0.3) is 5.69 Å². The van der Waals surface area contributed by atoms with Crippen LogP contribution in [-0.2, 0) is 0 Å². The van der Waals surface area contributed by atoms with Crippen molar-refractivity contribution < 1.29 is 0 Å². The molecule has 1 aliphatic heterocycles. The van der Waals surface area contributed by atoms with Gasteiger partial charge in [-0.05, 0) is 86.2 Å². The van der Waals surface area contributed by atoms with Crippen LogP contribution in [0.5, 0.6) is 0 Å². The van der Waals surface area contributed by atoms with Crippen LogP contribution in [0, 0.1) is 13.8 Å². The molecule has 5 nitrogen and oxygen atoms in total. The first-order valence-electron chi connectivity index (χ1n) is 10.4. The number of nitrogens with zero attached hydrogens (tertiary/aromatic N) is 4. The van der Waals surface area contributed by atoms with Crippen molar-refractivity contribution in [3.05, 3.63) is 106 Å². The maximum Gasteiger partial charge on any atom is 0.174 e. The summed E-state index contributed by atoms with van der Waals surface area (Å²) in [5.41, 5.74) is 6.57. The predicted octanol–water partition coefficient (Wildman–Crippen LogP) is 5.82. The van der Waals surface area contributed by atoms with Crippen LogP contribution < -0.4 is 10.2 Å². The lowest BCUT2D eigenvalue weighted by atomic mass is 9.96. The molecule has 5 rings (SSSR count). The van der Waals surface area contributed by atoms with E-state index in [1.165, 1.54) is 5.56 Å². The van der Waals surface area contributed by atoms with Crippen LogP contribution in [0.2, 0.25) is 0 Å². The second-order valence-corrected chi connectivity index (χ2v) is 9.15. The second-order valence-electron chi connectivity index (χ2n) is 7.85. The van der Waals surface area contributed by atoms with Gasteiger partial charge in [0.05, 0.1) is 29.7 Å². The van der Waals surface area contributed by atoms with E-state index in [0.29, 0.717) is 5.11 Å². The van der Waals surface area contributed by atoms with Crippen LogP contribution in [0.15, 0.2) is 83.7 Å². The lowest BCUT2D eigenvalue weighted by Crippen LogP contribution is -2.29. The van der Waals surface area contributed by atoms with Gasteiger partial charge in [-0.2, -0.15) is 0 Å². The predicted molar refractivity (Wildman–Crippen MR) is 135 cm³/mol. The van der Waals surface area contributed by atoms with E-state index in [0.717, 1.165) is 32.9 Å². The topological polar surface area (TPSA) is 46.0 Å². The second kappa shape index (κ2) is 8.48. The quantitative estimate of drug-likeness (QED) is 0.355. The van der Waals surface area contributed by atoms with Gasteiger partial charge in [-0.1, -0.05) is 22.0 Å². The highest BCUT2D eigenvalue weighted by Crippen LogP contribution is 2.43. The molecule has 1 aromatic carbocycles. The van der Waals surface area contributed by atoms with E-state index in [2.05, 4.69) is 84.9 Å². The number of hydrogen-bond acceptors (Lipinski definition) is 3. The molecule has 0 bridgehead atoms. The number of rotatable bonds is 4. The van der Waals surface area contributed by atoms with Crippen LogP contribution >= 0.6 is 28.1 Å². The van der Waals surface area contributed by atoms with Gasteiger partial charge >= 0.3 is 0 Å². The molecule has 0 unspecified atom stereocenters. The van der Waals surface area contributed by atoms with Gasteiger partial charge in [-0.3, -0.25) is 9.97 Å². The fourth-order valence-corrected chi connectivity index (χ4v) is 5.13. The summed E-state index contributed by atoms with van der Waals surface area (Å²) < 4.78 is 3.28. The highest BCUT2D eigenvalue weighted by molar-refractivity contribution is 9.10. The van der Waals surface area contributed by atoms with Crippen molar-refractivity contribution in [2.24, 2.45) is 0 Å². The molecule has 0 spiro atoms. The Bertz CT molecular complexity index is 1260. The summed E-state index contributed by atoms with van der Waals surface area (Å²) in [6.07, 6.45) is 5.52. The van der Waals surface area contributed by atoms with E-state index < -0.39 is 0 Å². The Morgan fingerprint density at radius 1 is 0.969 bits per heavy atom. The Morgan fingerprint density at radius 2 is 1.78 bits per heavy atom. The molecule has 1 fully saturated rings. The van der Waals surface area contributed by atoms with E-state index in [1.807, 2.05) is 42.7 Å². The van der Waals surface area contributed by atoms with Gasteiger partial charge in [0.25, 0.3) is 0 Å². The maximum atomic E-state index is 5.84. The van der Waals surface area contributed by atoms with Gasteiger partial charge in [0.1, 0.15) is 0 Å². The Balaban J connectivity index is 1.68. The molecule has 160 valence electrons. The molecule has 0 amide bonds. The van der Waals surface area contributed by atoms with Crippen molar-refractivity contribution in [3.8, 4) is 5.69 Å². The lowest BCUT2D eigenvalue weighted by molar-refractivity contribution is 0.565. The van der Waals surface area contributed by atoms with Crippen molar-refractivity contribution in [1.29, 1.82) is 0 Å². The minimum Gasteiger partial charge on any atom is -0.351 e. The summed E-state index contributed by atoms with van der Waals surface area (Å²) in [7, 11) is 0. The fourth-order valence-electron chi connectivity index (χ4n) is 4.52. The summed E-state index contributed by atoms with van der Waals surface area (Å²) >= 11 is 9.39. The number of aryl methyl sites for hydroxylation is 1. The molecule has 1 aliphatic rings. The Morgan fingerprint density at radius 3 is 2.47 bits per heavy atom. The lowest BCUT2D eigenvalue weighted by Gasteiger charge is -2.28. The number of pyridine rings is 2. The number of hydrogen-bond donors (Lipinski definition) is 1. The summed E-state index contributed by atoms with van der Waals surface area (Å²) in [6.45, 7) is 4.29. The number of aromatic nitrogens is 3. The zero-order chi connectivity index (χ0) is 22.2. The van der Waals surface area contributed by atoms with E-state index in [4.69, 9.17) is 12.2 Å². The average Bonchev–Trinajstić information content (AvgIpc) is 3.31. The third kappa shape index (κ3) is 3.61. The number of halogens is 1. The third-order valence-corrected chi connectivity index (χ3v) is 6.74. The molecule has 4 heterocycles. The van der Waals surface area contributed by atoms with Gasteiger partial charge < -0.3 is 14.8 Å². The standard InChI is InChI=1S/C25H22BrN5S/c1-16-14-21(17(2)30(16)20-6-5-12-27-15-20)24-23(22-7-3-4-13-28-22)29-25(32)31(24)19-10-8-18(26)9-11-19/h3-15,23-24H,1-2H3,(H,29,32)/t23-,24+/m0/s1. The average molecular weight is 504 g/mol. The molecular weight excluding hydrogens is 482 g/mol. The highest BCUT2D eigenvalue weighted by Gasteiger charge is 2.42. The van der Waals surface area contributed by atoms with Gasteiger partial charge in [0.2, 0.25) is 0 Å². The zero-order valence-electron chi connectivity index (χ0n) is 17.7. The monoisotopic (exact) mass is 503 g/mol. The minimum atomic E-state index is -0.0739. The molecule has 1 saturated heterocycles. The first kappa shape index (κ1) is 20.8. The van der Waals surface area contributed by atoms with Crippen molar-refractivity contribution in [2.75, 3.05) is 4.90 Å². The number of nitrogens with one attached hydrogen (secondary N) is 1. The first-order chi connectivity index (χ1) is 15.5. The summed E-state index contributed by atoms with van der Waals surface area (Å²) in [5, 5.41) is 4.23. The van der Waals surface area contributed by atoms with Crippen LogP contribution in [0.1, 0.15) is 34.7 Å². The van der Waals surface area contributed by atoms with Crippen molar-refractivity contribution in [3.63, 3.8) is 0 Å². The van der Waals surface area contributed by atoms with Gasteiger partial charge in [-0.25, -0.2) is 0 Å². The smallest absolute Gasteiger partial charge is 0.174 e. The third-order valence-electron chi connectivity index (χ3n) is 5.90. The molecule has 0 radical (unpaired) electrons. The van der Waals surface area contributed by atoms with Crippen LogP contribution in [0.3, 0.4) is 0 Å². The fraction of sp³-hybridized carbons (Fsp3) is 0.160. The number of benzene rings is 1. The molecule has 3 aromatic heterocycles. The van der Waals surface area contributed by atoms with E-state index in [-0.39, 0.29) is 12.1 Å². The van der Waals surface area contributed by atoms with E-state index in [1.54, 1.807) is 6.20 Å². The van der Waals surface area contributed by atoms with Crippen molar-refractivity contribution >= 4 is 38.9 Å². The van der Waals surface area contributed by atoms with Crippen LogP contribution in [-0.4, -0.2) is 19.6 Å². The van der Waals surface area contributed by atoms with Gasteiger partial charge in [-0.15, -0.1) is 0 Å². The minimum absolute atomic E-state index is 0.0461. The maximum absolute atomic E-state index is 5.84. The molecule has 32 heavy (non-hydrogen) atoms. The van der Waals surface area contributed by atoms with Gasteiger partial charge in [0, 0.05) is 33.9 Å². The Labute approximate surface area is 201 Å². The first-order valence-corrected chi connectivity index (χ1v) is 11.6. The van der Waals surface area contributed by atoms with Crippen molar-refractivity contribution in [1.82, 2.24) is 19.9 Å². The molecule has 4 aromatic rings. The summed E-state index contributed by atoms with van der Waals surface area (Å²) in [4.78, 5) is 11.2. The van der Waals surface area contributed by atoms with Crippen molar-refractivity contribution in [2.45, 2.75) is 25.9 Å². The highest BCUT2D eigenvalue weighted by atomic mass is 79.9. The van der Waals surface area contributed by atoms with Gasteiger partial charge in [0.15, 0.2) is 5.11 Å². The Kier molecular flexibility index (Phi) is 5.53. The molecule has 1 N–H and O–H groups in total. The molecule has 2 atom stereocenters. The summed E-state index contributed by atoms with van der Waals surface area (Å²) in [6, 6.07) is 20.5. The number of thiocarbonyl (C=S) groups is 1. The molecule has 0 saturated carbocycles. The van der Waals surface area contributed by atoms with Crippen LogP contribution in [0.4, 0.5) is 5.69 Å². The molecule has 0 aliphatic carbocycles. The largest absolute Gasteiger partial charge is 0.351 e. The molecule has 7 heteroatoms.